The summed E-state index contributed by atoms with van der Waals surface area (Å²) in [6.07, 6.45) is -0.246. The summed E-state index contributed by atoms with van der Waals surface area (Å²) in [6.45, 7) is 5.86. The number of ether oxygens (including phenoxy) is 2. The van der Waals surface area contributed by atoms with E-state index in [0.717, 1.165) is 12.4 Å². The molecular formula is C9H20O3S. The van der Waals surface area contributed by atoms with Gasteiger partial charge in [0.2, 0.25) is 0 Å². The Bertz CT molecular complexity index is 109. The van der Waals surface area contributed by atoms with Crippen LogP contribution in [0.5, 0.6) is 0 Å². The summed E-state index contributed by atoms with van der Waals surface area (Å²) in [4.78, 5) is 0. The van der Waals surface area contributed by atoms with Crippen molar-refractivity contribution < 1.29 is 14.6 Å². The largest absolute Gasteiger partial charge is 0.392 e. The number of methoxy groups -OCH3 is 1. The Morgan fingerprint density at radius 1 is 1.23 bits per heavy atom. The molecule has 0 aromatic carbocycles. The molecule has 0 spiro atoms. The van der Waals surface area contributed by atoms with Gasteiger partial charge in [0.25, 0.3) is 0 Å². The Hall–Kier alpha value is 0.230. The minimum Gasteiger partial charge on any atom is -0.392 e. The SMILES string of the molecule is COCCOCCSC(C)C(C)O. The first-order valence-electron chi connectivity index (χ1n) is 4.54. The van der Waals surface area contributed by atoms with Crippen LogP contribution in [0.3, 0.4) is 0 Å². The molecule has 4 heteroatoms. The highest BCUT2D eigenvalue weighted by atomic mass is 32.2. The van der Waals surface area contributed by atoms with Crippen molar-refractivity contribution in [3.63, 3.8) is 0 Å². The average molecular weight is 208 g/mol. The minimum absolute atomic E-state index is 0.246. The lowest BCUT2D eigenvalue weighted by atomic mass is 10.3. The topological polar surface area (TPSA) is 38.7 Å². The smallest absolute Gasteiger partial charge is 0.0700 e. The molecule has 0 amide bonds. The molecule has 0 bridgehead atoms. The Balaban J connectivity index is 3.07. The standard InChI is InChI=1S/C9H20O3S/c1-8(10)9(2)13-7-6-12-5-4-11-3/h8-10H,4-7H2,1-3H3. The molecule has 0 fully saturated rings. The molecule has 0 heterocycles. The summed E-state index contributed by atoms with van der Waals surface area (Å²) >= 11 is 1.73. The van der Waals surface area contributed by atoms with Crippen molar-refractivity contribution in [1.82, 2.24) is 0 Å². The van der Waals surface area contributed by atoms with Crippen molar-refractivity contribution in [1.29, 1.82) is 0 Å². The fourth-order valence-corrected chi connectivity index (χ4v) is 1.54. The van der Waals surface area contributed by atoms with Gasteiger partial charge in [0.05, 0.1) is 25.9 Å². The first-order valence-corrected chi connectivity index (χ1v) is 5.59. The lowest BCUT2D eigenvalue weighted by Crippen LogP contribution is -2.16. The monoisotopic (exact) mass is 208 g/mol. The number of aliphatic hydroxyl groups excluding tert-OH is 1. The second-order valence-corrected chi connectivity index (χ2v) is 4.41. The normalized spacial score (nSPS) is 15.7. The predicted molar refractivity (Wildman–Crippen MR) is 56.3 cm³/mol. The van der Waals surface area contributed by atoms with Crippen molar-refractivity contribution in [2.24, 2.45) is 0 Å². The van der Waals surface area contributed by atoms with Crippen LogP contribution in [0.15, 0.2) is 0 Å². The number of hydrogen-bond donors (Lipinski definition) is 1. The number of thioether (sulfide) groups is 1. The average Bonchev–Trinajstić information content (AvgIpc) is 2.10. The Morgan fingerprint density at radius 2 is 1.92 bits per heavy atom. The summed E-state index contributed by atoms with van der Waals surface area (Å²) < 4.78 is 10.1. The van der Waals surface area contributed by atoms with Gasteiger partial charge in [-0.15, -0.1) is 0 Å². The molecule has 1 N–H and O–H groups in total. The van der Waals surface area contributed by atoms with E-state index < -0.39 is 0 Å². The highest BCUT2D eigenvalue weighted by Crippen LogP contribution is 2.13. The second-order valence-electron chi connectivity index (χ2n) is 2.92. The van der Waals surface area contributed by atoms with Gasteiger partial charge >= 0.3 is 0 Å². The number of hydrogen-bond acceptors (Lipinski definition) is 4. The quantitative estimate of drug-likeness (QED) is 0.607. The summed E-state index contributed by atoms with van der Waals surface area (Å²) in [5.74, 6) is 0.926. The van der Waals surface area contributed by atoms with Crippen LogP contribution in [0.25, 0.3) is 0 Å². The van der Waals surface area contributed by atoms with Gasteiger partial charge in [0.15, 0.2) is 0 Å². The van der Waals surface area contributed by atoms with Crippen LogP contribution in [0.2, 0.25) is 0 Å². The summed E-state index contributed by atoms with van der Waals surface area (Å²) in [5.41, 5.74) is 0. The molecule has 80 valence electrons. The summed E-state index contributed by atoms with van der Waals surface area (Å²) in [5, 5.41) is 9.46. The third-order valence-corrected chi connectivity index (χ3v) is 3.04. The molecule has 2 unspecified atom stereocenters. The maximum absolute atomic E-state index is 9.18. The van der Waals surface area contributed by atoms with E-state index in [1.807, 2.05) is 13.8 Å². The Kier molecular flexibility index (Phi) is 8.97. The van der Waals surface area contributed by atoms with E-state index in [9.17, 15) is 5.11 Å². The zero-order valence-corrected chi connectivity index (χ0v) is 9.47. The van der Waals surface area contributed by atoms with Crippen LogP contribution >= 0.6 is 11.8 Å². The molecule has 13 heavy (non-hydrogen) atoms. The third kappa shape index (κ3) is 8.56. The fraction of sp³-hybridized carbons (Fsp3) is 1.00. The van der Waals surface area contributed by atoms with E-state index >= 15 is 0 Å². The van der Waals surface area contributed by atoms with Crippen LogP contribution < -0.4 is 0 Å². The van der Waals surface area contributed by atoms with Gasteiger partial charge in [-0.05, 0) is 6.92 Å². The molecular weight excluding hydrogens is 188 g/mol. The van der Waals surface area contributed by atoms with Crippen LogP contribution in [-0.2, 0) is 9.47 Å². The van der Waals surface area contributed by atoms with Gasteiger partial charge in [0, 0.05) is 18.1 Å². The predicted octanol–water partition coefficient (Wildman–Crippen LogP) is 1.15. The molecule has 0 aliphatic heterocycles. The van der Waals surface area contributed by atoms with Crippen LogP contribution in [-0.4, -0.2) is 49.1 Å². The van der Waals surface area contributed by atoms with Crippen LogP contribution in [0, 0.1) is 0 Å². The maximum Gasteiger partial charge on any atom is 0.0700 e. The van der Waals surface area contributed by atoms with Crippen molar-refractivity contribution >= 4 is 11.8 Å². The van der Waals surface area contributed by atoms with E-state index in [4.69, 9.17) is 9.47 Å². The molecule has 3 nitrogen and oxygen atoms in total. The molecule has 0 aromatic rings. The highest BCUT2D eigenvalue weighted by molar-refractivity contribution is 7.99. The first kappa shape index (κ1) is 13.2. The zero-order chi connectivity index (χ0) is 10.1. The molecule has 0 aromatic heterocycles. The van der Waals surface area contributed by atoms with Gasteiger partial charge in [-0.1, -0.05) is 6.92 Å². The first-order chi connectivity index (χ1) is 6.18. The molecule has 0 saturated heterocycles. The minimum atomic E-state index is -0.246. The fourth-order valence-electron chi connectivity index (χ4n) is 0.677. The highest BCUT2D eigenvalue weighted by Gasteiger charge is 2.07. The van der Waals surface area contributed by atoms with Crippen molar-refractivity contribution in [2.45, 2.75) is 25.2 Å². The van der Waals surface area contributed by atoms with E-state index in [2.05, 4.69) is 0 Å². The van der Waals surface area contributed by atoms with Crippen molar-refractivity contribution in [3.05, 3.63) is 0 Å². The van der Waals surface area contributed by atoms with Gasteiger partial charge in [-0.2, -0.15) is 11.8 Å². The Morgan fingerprint density at radius 3 is 2.46 bits per heavy atom. The summed E-state index contributed by atoms with van der Waals surface area (Å²) in [6, 6.07) is 0. The van der Waals surface area contributed by atoms with Gasteiger partial charge in [-0.25, -0.2) is 0 Å². The van der Waals surface area contributed by atoms with E-state index in [-0.39, 0.29) is 11.4 Å². The maximum atomic E-state index is 9.18. The van der Waals surface area contributed by atoms with Gasteiger partial charge in [-0.3, -0.25) is 0 Å². The van der Waals surface area contributed by atoms with E-state index in [1.165, 1.54) is 0 Å². The molecule has 0 rings (SSSR count). The molecule has 2 atom stereocenters. The molecule has 0 saturated carbocycles. The second kappa shape index (κ2) is 8.81. The number of rotatable bonds is 8. The molecule has 0 aliphatic rings. The molecule has 0 aliphatic carbocycles. The lowest BCUT2D eigenvalue weighted by Gasteiger charge is -2.13. The van der Waals surface area contributed by atoms with Crippen molar-refractivity contribution in [2.75, 3.05) is 32.7 Å². The van der Waals surface area contributed by atoms with Gasteiger partial charge < -0.3 is 14.6 Å². The van der Waals surface area contributed by atoms with Crippen LogP contribution in [0.4, 0.5) is 0 Å². The third-order valence-electron chi connectivity index (χ3n) is 1.72. The zero-order valence-electron chi connectivity index (χ0n) is 8.66. The number of aliphatic hydroxyl groups is 1. The van der Waals surface area contributed by atoms with Gasteiger partial charge in [0.1, 0.15) is 0 Å². The van der Waals surface area contributed by atoms with Crippen molar-refractivity contribution in [3.8, 4) is 0 Å². The summed E-state index contributed by atoms with van der Waals surface area (Å²) in [7, 11) is 1.66. The molecule has 0 radical (unpaired) electrons. The Labute approximate surface area is 84.8 Å². The van der Waals surface area contributed by atoms with Crippen LogP contribution in [0.1, 0.15) is 13.8 Å². The van der Waals surface area contributed by atoms with E-state index in [0.29, 0.717) is 13.2 Å². The van der Waals surface area contributed by atoms with E-state index in [1.54, 1.807) is 18.9 Å². The lowest BCUT2D eigenvalue weighted by molar-refractivity contribution is 0.0789.